The molecule has 0 aliphatic carbocycles. The molecule has 0 amide bonds. The zero-order chi connectivity index (χ0) is 16.8. The average molecular weight is 341 g/mol. The lowest BCUT2D eigenvalue weighted by atomic mass is 10.1. The minimum Gasteiger partial charge on any atom is -0.462 e. The van der Waals surface area contributed by atoms with Crippen molar-refractivity contribution in [2.24, 2.45) is 0 Å². The van der Waals surface area contributed by atoms with Gasteiger partial charge in [0, 0.05) is 23.7 Å². The molecule has 7 heteroatoms. The van der Waals surface area contributed by atoms with E-state index >= 15 is 0 Å². The molecular weight excluding hydrogens is 326 g/mol. The Morgan fingerprint density at radius 1 is 1.12 bits per heavy atom. The summed E-state index contributed by atoms with van der Waals surface area (Å²) in [6.07, 6.45) is 3.36. The van der Waals surface area contributed by atoms with Crippen molar-refractivity contribution in [3.63, 3.8) is 0 Å². The number of pyridine rings is 1. The smallest absolute Gasteiger partial charge is 0.338 e. The van der Waals surface area contributed by atoms with Crippen molar-refractivity contribution in [1.82, 2.24) is 15.2 Å². The molecule has 0 saturated heterocycles. The number of aromatic nitrogens is 3. The van der Waals surface area contributed by atoms with Crippen molar-refractivity contribution in [2.75, 3.05) is 6.61 Å². The summed E-state index contributed by atoms with van der Waals surface area (Å²) in [5.74, 6) is 0.828. The van der Waals surface area contributed by atoms with Crippen LogP contribution in [0.2, 0.25) is 0 Å². The van der Waals surface area contributed by atoms with Crippen LogP contribution in [0.15, 0.2) is 58.4 Å². The first-order valence-electron chi connectivity index (χ1n) is 7.39. The van der Waals surface area contributed by atoms with Gasteiger partial charge in [-0.05, 0) is 36.8 Å². The lowest BCUT2D eigenvalue weighted by Gasteiger charge is -2.03. The van der Waals surface area contributed by atoms with Crippen LogP contribution in [0.25, 0.3) is 11.5 Å². The third kappa shape index (κ3) is 3.99. The van der Waals surface area contributed by atoms with Crippen LogP contribution < -0.4 is 0 Å². The average Bonchev–Trinajstić information content (AvgIpc) is 3.10. The van der Waals surface area contributed by atoms with Gasteiger partial charge in [0.05, 0.1) is 12.2 Å². The highest BCUT2D eigenvalue weighted by Gasteiger charge is 2.10. The monoisotopic (exact) mass is 341 g/mol. The van der Waals surface area contributed by atoms with E-state index in [2.05, 4.69) is 15.2 Å². The van der Waals surface area contributed by atoms with Crippen LogP contribution in [0.4, 0.5) is 0 Å². The third-order valence-corrected chi connectivity index (χ3v) is 4.05. The predicted octanol–water partition coefficient (Wildman–Crippen LogP) is 3.60. The number of carbonyl (C=O) groups is 1. The molecule has 0 fully saturated rings. The van der Waals surface area contributed by atoms with Crippen LogP contribution in [0.1, 0.15) is 22.8 Å². The largest absolute Gasteiger partial charge is 0.462 e. The molecule has 0 aliphatic heterocycles. The molecular formula is C17H15N3O3S. The van der Waals surface area contributed by atoms with Crippen molar-refractivity contribution in [3.05, 3.63) is 59.9 Å². The molecule has 0 unspecified atom stereocenters. The van der Waals surface area contributed by atoms with Crippen LogP contribution in [-0.4, -0.2) is 27.8 Å². The second-order valence-corrected chi connectivity index (χ2v) is 5.74. The van der Waals surface area contributed by atoms with Crippen molar-refractivity contribution in [2.45, 2.75) is 17.9 Å². The van der Waals surface area contributed by atoms with Crippen LogP contribution in [0.5, 0.6) is 0 Å². The number of hydrogen-bond donors (Lipinski definition) is 0. The first-order chi connectivity index (χ1) is 11.8. The minimum absolute atomic E-state index is 0.310. The molecule has 1 aromatic carbocycles. The summed E-state index contributed by atoms with van der Waals surface area (Å²) in [7, 11) is 0. The summed E-state index contributed by atoms with van der Waals surface area (Å²) in [6.45, 7) is 2.15. The van der Waals surface area contributed by atoms with Crippen LogP contribution in [0.3, 0.4) is 0 Å². The van der Waals surface area contributed by atoms with Crippen molar-refractivity contribution >= 4 is 17.7 Å². The zero-order valence-corrected chi connectivity index (χ0v) is 13.8. The van der Waals surface area contributed by atoms with Gasteiger partial charge in [0.2, 0.25) is 5.89 Å². The number of nitrogens with zero attached hydrogens (tertiary/aromatic N) is 3. The molecule has 24 heavy (non-hydrogen) atoms. The second-order valence-electron chi connectivity index (χ2n) is 4.82. The fourth-order valence-corrected chi connectivity index (χ4v) is 2.69. The Labute approximate surface area is 143 Å². The summed E-state index contributed by atoms with van der Waals surface area (Å²) in [5, 5.41) is 8.56. The summed E-state index contributed by atoms with van der Waals surface area (Å²) in [4.78, 5) is 15.6. The summed E-state index contributed by atoms with van der Waals surface area (Å²) in [6, 6.07) is 10.9. The number of thioether (sulfide) groups is 1. The molecule has 0 spiro atoms. The molecule has 0 aliphatic rings. The van der Waals surface area contributed by atoms with Gasteiger partial charge in [-0.3, -0.25) is 4.98 Å². The quantitative estimate of drug-likeness (QED) is 0.500. The maximum atomic E-state index is 11.6. The Hall–Kier alpha value is -2.67. The summed E-state index contributed by atoms with van der Waals surface area (Å²) in [5.41, 5.74) is 2.43. The fraction of sp³-hybridized carbons (Fsp3) is 0.176. The Bertz CT molecular complexity index is 803. The fourth-order valence-electron chi connectivity index (χ4n) is 1.98. The highest BCUT2D eigenvalue weighted by molar-refractivity contribution is 7.98. The van der Waals surface area contributed by atoms with Gasteiger partial charge in [0.1, 0.15) is 0 Å². The molecule has 0 atom stereocenters. The number of ether oxygens (including phenoxy) is 1. The van der Waals surface area contributed by atoms with Gasteiger partial charge in [-0.1, -0.05) is 23.9 Å². The highest BCUT2D eigenvalue weighted by atomic mass is 32.2. The van der Waals surface area contributed by atoms with Gasteiger partial charge >= 0.3 is 5.97 Å². The topological polar surface area (TPSA) is 78.1 Å². The number of carbonyl (C=O) groups excluding carboxylic acids is 1. The molecule has 0 N–H and O–H groups in total. The summed E-state index contributed by atoms with van der Waals surface area (Å²) >= 11 is 1.44. The Morgan fingerprint density at radius 3 is 2.58 bits per heavy atom. The van der Waals surface area contributed by atoms with E-state index in [0.717, 1.165) is 11.1 Å². The predicted molar refractivity (Wildman–Crippen MR) is 89.5 cm³/mol. The molecule has 2 aromatic heterocycles. The van der Waals surface area contributed by atoms with E-state index in [9.17, 15) is 4.79 Å². The Balaban J connectivity index is 1.60. The van der Waals surface area contributed by atoms with Crippen LogP contribution in [-0.2, 0) is 10.5 Å². The van der Waals surface area contributed by atoms with Gasteiger partial charge in [-0.25, -0.2) is 4.79 Å². The molecule has 0 bridgehead atoms. The Morgan fingerprint density at radius 2 is 1.88 bits per heavy atom. The van der Waals surface area contributed by atoms with Gasteiger partial charge in [-0.2, -0.15) is 0 Å². The minimum atomic E-state index is -0.310. The molecule has 3 aromatic rings. The van der Waals surface area contributed by atoms with E-state index < -0.39 is 0 Å². The molecule has 0 saturated carbocycles. The summed E-state index contributed by atoms with van der Waals surface area (Å²) < 4.78 is 10.6. The molecule has 2 heterocycles. The van der Waals surface area contributed by atoms with Gasteiger partial charge in [0.15, 0.2) is 0 Å². The molecule has 122 valence electrons. The van der Waals surface area contributed by atoms with E-state index in [1.807, 2.05) is 24.3 Å². The van der Waals surface area contributed by atoms with Crippen molar-refractivity contribution < 1.29 is 13.9 Å². The molecule has 6 nitrogen and oxygen atoms in total. The first-order valence-corrected chi connectivity index (χ1v) is 8.37. The lowest BCUT2D eigenvalue weighted by Crippen LogP contribution is -2.04. The van der Waals surface area contributed by atoms with Gasteiger partial charge in [0.25, 0.3) is 5.22 Å². The van der Waals surface area contributed by atoms with Crippen molar-refractivity contribution in [1.29, 1.82) is 0 Å². The number of esters is 1. The standard InChI is InChI=1S/C17H15N3O3S/c1-2-22-16(21)14-5-3-12(4-6-14)11-24-17-20-19-15(23-17)13-7-9-18-10-8-13/h3-10H,2,11H2,1H3. The van der Waals surface area contributed by atoms with E-state index in [1.165, 1.54) is 11.8 Å². The maximum Gasteiger partial charge on any atom is 0.338 e. The van der Waals surface area contributed by atoms with E-state index in [0.29, 0.717) is 29.0 Å². The lowest BCUT2D eigenvalue weighted by molar-refractivity contribution is 0.0526. The zero-order valence-electron chi connectivity index (χ0n) is 13.0. The number of rotatable bonds is 6. The van der Waals surface area contributed by atoms with Crippen LogP contribution in [0, 0.1) is 0 Å². The van der Waals surface area contributed by atoms with E-state index in [1.54, 1.807) is 31.5 Å². The van der Waals surface area contributed by atoms with Crippen LogP contribution >= 0.6 is 11.8 Å². The number of hydrogen-bond acceptors (Lipinski definition) is 7. The SMILES string of the molecule is CCOC(=O)c1ccc(CSc2nnc(-c3ccncc3)o2)cc1. The van der Waals surface area contributed by atoms with Crippen molar-refractivity contribution in [3.8, 4) is 11.5 Å². The van der Waals surface area contributed by atoms with Gasteiger partial charge < -0.3 is 9.15 Å². The number of benzene rings is 1. The first kappa shape index (κ1) is 16.2. The Kier molecular flexibility index (Phi) is 5.22. The maximum absolute atomic E-state index is 11.6. The highest BCUT2D eigenvalue weighted by Crippen LogP contribution is 2.25. The second kappa shape index (κ2) is 7.74. The van der Waals surface area contributed by atoms with E-state index in [-0.39, 0.29) is 5.97 Å². The van der Waals surface area contributed by atoms with Gasteiger partial charge in [-0.15, -0.1) is 10.2 Å². The van der Waals surface area contributed by atoms with E-state index in [4.69, 9.17) is 9.15 Å². The third-order valence-electron chi connectivity index (χ3n) is 3.16. The molecule has 3 rings (SSSR count). The normalized spacial score (nSPS) is 10.5. The molecule has 0 radical (unpaired) electrons.